The van der Waals surface area contributed by atoms with Gasteiger partial charge in [0.25, 0.3) is 0 Å². The Labute approximate surface area is 155 Å². The predicted molar refractivity (Wildman–Crippen MR) is 104 cm³/mol. The van der Waals surface area contributed by atoms with Crippen LogP contribution in [0.25, 0.3) is 22.3 Å². The first kappa shape index (κ1) is 15.5. The van der Waals surface area contributed by atoms with Crippen LogP contribution in [0.15, 0.2) is 84.2 Å². The molecule has 0 atom stereocenters. The molecule has 126 valence electrons. The predicted octanol–water partition coefficient (Wildman–Crippen LogP) is 5.82. The summed E-state index contributed by atoms with van der Waals surface area (Å²) in [6.07, 6.45) is 0. The van der Waals surface area contributed by atoms with Crippen LogP contribution in [0.1, 0.15) is 16.0 Å². The van der Waals surface area contributed by atoms with E-state index in [4.69, 9.17) is 0 Å². The monoisotopic (exact) mass is 358 g/mol. The second kappa shape index (κ2) is 5.63. The van der Waals surface area contributed by atoms with Crippen LogP contribution in [-0.4, -0.2) is 5.11 Å². The number of hydrogen-bond donors (Lipinski definition) is 1. The van der Waals surface area contributed by atoms with Crippen molar-refractivity contribution < 1.29 is 9.50 Å². The van der Waals surface area contributed by atoms with Crippen molar-refractivity contribution in [2.45, 2.75) is 5.60 Å². The minimum Gasteiger partial charge on any atom is -0.375 e. The molecule has 4 aromatic rings. The fourth-order valence-electron chi connectivity index (χ4n) is 3.90. The van der Waals surface area contributed by atoms with E-state index in [2.05, 4.69) is 12.1 Å². The van der Waals surface area contributed by atoms with E-state index >= 15 is 0 Å². The number of aliphatic hydroxyl groups is 1. The van der Waals surface area contributed by atoms with Crippen LogP contribution in [0.2, 0.25) is 0 Å². The normalized spacial score (nSPS) is 14.1. The van der Waals surface area contributed by atoms with Crippen LogP contribution in [-0.2, 0) is 5.60 Å². The first-order valence-electron chi connectivity index (χ1n) is 8.45. The van der Waals surface area contributed by atoms with Crippen molar-refractivity contribution in [3.63, 3.8) is 0 Å². The molecule has 0 unspecified atom stereocenters. The highest BCUT2D eigenvalue weighted by Gasteiger charge is 2.44. The molecule has 1 N–H and O–H groups in total. The maximum Gasteiger partial charge on any atom is 0.151 e. The fourth-order valence-corrected chi connectivity index (χ4v) is 4.95. The van der Waals surface area contributed by atoms with E-state index in [9.17, 15) is 9.50 Å². The standard InChI is InChI=1S/C23H15FOS/c24-16-11-9-15(10-12-16)17-13-14-26-22(17)23(25)20-7-3-1-5-18(20)19-6-2-4-8-21(19)23/h1-14,25H. The van der Waals surface area contributed by atoms with Gasteiger partial charge in [0.2, 0.25) is 0 Å². The van der Waals surface area contributed by atoms with Crippen molar-refractivity contribution in [2.24, 2.45) is 0 Å². The minimum absolute atomic E-state index is 0.263. The van der Waals surface area contributed by atoms with Crippen molar-refractivity contribution in [1.82, 2.24) is 0 Å². The summed E-state index contributed by atoms with van der Waals surface area (Å²) in [6, 6.07) is 24.4. The third-order valence-electron chi connectivity index (χ3n) is 5.07. The van der Waals surface area contributed by atoms with Gasteiger partial charge < -0.3 is 5.11 Å². The molecular formula is C23H15FOS. The molecule has 1 nitrogen and oxygen atoms in total. The average Bonchev–Trinajstić information content (AvgIpc) is 3.27. The van der Waals surface area contributed by atoms with Crippen LogP contribution < -0.4 is 0 Å². The topological polar surface area (TPSA) is 20.2 Å². The number of benzene rings is 3. The zero-order chi connectivity index (χ0) is 17.7. The van der Waals surface area contributed by atoms with Gasteiger partial charge in [-0.15, -0.1) is 11.3 Å². The maximum absolute atomic E-state index is 13.4. The highest BCUT2D eigenvalue weighted by atomic mass is 32.1. The largest absolute Gasteiger partial charge is 0.375 e. The lowest BCUT2D eigenvalue weighted by molar-refractivity contribution is 0.135. The first-order valence-corrected chi connectivity index (χ1v) is 9.33. The number of hydrogen-bond acceptors (Lipinski definition) is 2. The Morgan fingerprint density at radius 3 is 1.88 bits per heavy atom. The molecule has 5 rings (SSSR count). The number of thiophene rings is 1. The molecule has 0 amide bonds. The molecule has 3 aromatic carbocycles. The minimum atomic E-state index is -1.20. The van der Waals surface area contributed by atoms with E-state index < -0.39 is 5.60 Å². The summed E-state index contributed by atoms with van der Waals surface area (Å²) in [4.78, 5) is 0.863. The Morgan fingerprint density at radius 1 is 0.692 bits per heavy atom. The maximum atomic E-state index is 13.4. The summed E-state index contributed by atoms with van der Waals surface area (Å²) in [5, 5.41) is 14.0. The Kier molecular flexibility index (Phi) is 3.36. The number of halogens is 1. The molecule has 26 heavy (non-hydrogen) atoms. The molecule has 0 saturated carbocycles. The third-order valence-corrected chi connectivity index (χ3v) is 6.10. The summed E-state index contributed by atoms with van der Waals surface area (Å²) < 4.78 is 13.4. The second-order valence-corrected chi connectivity index (χ2v) is 7.39. The van der Waals surface area contributed by atoms with E-state index in [1.165, 1.54) is 23.5 Å². The Balaban J connectivity index is 1.79. The zero-order valence-electron chi connectivity index (χ0n) is 13.8. The lowest BCUT2D eigenvalue weighted by atomic mass is 9.86. The average molecular weight is 358 g/mol. The van der Waals surface area contributed by atoms with Gasteiger partial charge in [-0.25, -0.2) is 4.39 Å². The van der Waals surface area contributed by atoms with Crippen molar-refractivity contribution >= 4 is 11.3 Å². The SMILES string of the molecule is OC1(c2sccc2-c2ccc(F)cc2)c2ccccc2-c2ccccc21. The molecule has 0 saturated heterocycles. The first-order chi connectivity index (χ1) is 12.7. The molecule has 0 bridgehead atoms. The zero-order valence-corrected chi connectivity index (χ0v) is 14.6. The highest BCUT2D eigenvalue weighted by molar-refractivity contribution is 7.10. The molecule has 3 heteroatoms. The lowest BCUT2D eigenvalue weighted by Gasteiger charge is -2.26. The van der Waals surface area contributed by atoms with Gasteiger partial charge in [-0.05, 0) is 45.8 Å². The Morgan fingerprint density at radius 2 is 1.27 bits per heavy atom. The van der Waals surface area contributed by atoms with Gasteiger partial charge in [0, 0.05) is 11.1 Å². The summed E-state index contributed by atoms with van der Waals surface area (Å²) in [6.45, 7) is 0. The van der Waals surface area contributed by atoms with E-state index in [1.807, 2.05) is 47.8 Å². The fraction of sp³-hybridized carbons (Fsp3) is 0.0435. The van der Waals surface area contributed by atoms with Crippen molar-refractivity contribution in [1.29, 1.82) is 0 Å². The third kappa shape index (κ3) is 2.05. The molecule has 1 heterocycles. The van der Waals surface area contributed by atoms with Gasteiger partial charge in [-0.1, -0.05) is 60.7 Å². The Hall–Kier alpha value is -2.75. The summed E-state index contributed by atoms with van der Waals surface area (Å²) in [5.74, 6) is -0.263. The number of fused-ring (bicyclic) bond motifs is 3. The summed E-state index contributed by atoms with van der Waals surface area (Å²) in [7, 11) is 0. The quantitative estimate of drug-likeness (QED) is 0.479. The van der Waals surface area contributed by atoms with Crippen LogP contribution in [0.3, 0.4) is 0 Å². The van der Waals surface area contributed by atoms with Crippen LogP contribution >= 0.6 is 11.3 Å². The van der Waals surface area contributed by atoms with Crippen molar-refractivity contribution in [3.8, 4) is 22.3 Å². The smallest absolute Gasteiger partial charge is 0.151 e. The van der Waals surface area contributed by atoms with Crippen LogP contribution in [0, 0.1) is 5.82 Å². The second-order valence-electron chi connectivity index (χ2n) is 6.47. The molecule has 0 spiro atoms. The van der Waals surface area contributed by atoms with E-state index in [-0.39, 0.29) is 5.82 Å². The molecule has 1 aliphatic rings. The molecular weight excluding hydrogens is 343 g/mol. The molecule has 0 aliphatic heterocycles. The molecule has 0 radical (unpaired) electrons. The Bertz CT molecular complexity index is 1070. The lowest BCUT2D eigenvalue weighted by Crippen LogP contribution is -2.25. The molecule has 1 aliphatic carbocycles. The molecule has 0 fully saturated rings. The summed E-state index contributed by atoms with van der Waals surface area (Å²) in [5.41, 5.74) is 4.54. The van der Waals surface area contributed by atoms with Crippen molar-refractivity contribution in [2.75, 3.05) is 0 Å². The van der Waals surface area contributed by atoms with Gasteiger partial charge in [0.15, 0.2) is 5.60 Å². The van der Waals surface area contributed by atoms with Crippen LogP contribution in [0.5, 0.6) is 0 Å². The van der Waals surface area contributed by atoms with Crippen molar-refractivity contribution in [3.05, 3.63) is 106 Å². The van der Waals surface area contributed by atoms with Gasteiger partial charge in [0.05, 0.1) is 4.88 Å². The van der Waals surface area contributed by atoms with E-state index in [0.29, 0.717) is 0 Å². The molecule has 1 aromatic heterocycles. The van der Waals surface area contributed by atoms with Crippen LogP contribution in [0.4, 0.5) is 4.39 Å². The van der Waals surface area contributed by atoms with E-state index in [0.717, 1.165) is 38.3 Å². The number of rotatable bonds is 2. The van der Waals surface area contributed by atoms with Gasteiger partial charge in [-0.2, -0.15) is 0 Å². The summed E-state index contributed by atoms with van der Waals surface area (Å²) >= 11 is 1.53. The van der Waals surface area contributed by atoms with Gasteiger partial charge >= 0.3 is 0 Å². The van der Waals surface area contributed by atoms with Gasteiger partial charge in [0.1, 0.15) is 5.82 Å². The van der Waals surface area contributed by atoms with E-state index in [1.54, 1.807) is 12.1 Å². The highest BCUT2D eigenvalue weighted by Crippen LogP contribution is 2.53. The van der Waals surface area contributed by atoms with Gasteiger partial charge in [-0.3, -0.25) is 0 Å².